The largest absolute Gasteiger partial charge is 0.508 e. The number of esters is 1. The molecule has 1 aliphatic rings. The van der Waals surface area contributed by atoms with Crippen molar-refractivity contribution in [2.24, 2.45) is 11.8 Å². The second-order valence-corrected chi connectivity index (χ2v) is 9.22. The molecule has 1 fully saturated rings. The lowest BCUT2D eigenvalue weighted by Crippen LogP contribution is -2.27. The molecule has 0 aromatic heterocycles. The summed E-state index contributed by atoms with van der Waals surface area (Å²) in [5.74, 6) is -1.58. The van der Waals surface area contributed by atoms with E-state index in [4.69, 9.17) is 28.4 Å². The van der Waals surface area contributed by atoms with E-state index in [1.165, 1.54) is 64.8 Å². The van der Waals surface area contributed by atoms with E-state index in [2.05, 4.69) is 0 Å². The maximum Gasteiger partial charge on any atom is 0.338 e. The van der Waals surface area contributed by atoms with Crippen LogP contribution in [-0.2, 0) is 9.47 Å². The van der Waals surface area contributed by atoms with E-state index in [1.54, 1.807) is 12.1 Å². The molecule has 0 bridgehead atoms. The first-order valence-electron chi connectivity index (χ1n) is 12.4. The molecule has 1 aliphatic heterocycles. The van der Waals surface area contributed by atoms with Gasteiger partial charge in [-0.1, -0.05) is 0 Å². The van der Waals surface area contributed by atoms with Crippen LogP contribution < -0.4 is 18.9 Å². The average Bonchev–Trinajstić information content (AvgIpc) is 3.40. The van der Waals surface area contributed by atoms with Gasteiger partial charge in [0.2, 0.25) is 11.5 Å². The highest BCUT2D eigenvalue weighted by molar-refractivity contribution is 5.89. The Hall–Kier alpha value is -4.35. The van der Waals surface area contributed by atoms with Crippen molar-refractivity contribution in [2.45, 2.75) is 12.2 Å². The molecule has 11 nitrogen and oxygen atoms in total. The number of carbonyl (C=O) groups is 1. The zero-order chi connectivity index (χ0) is 29.0. The summed E-state index contributed by atoms with van der Waals surface area (Å²) in [7, 11) is 5.58. The number of phenolic OH excluding ortho intramolecular Hbond substituents is 3. The Morgan fingerprint density at radius 2 is 1.35 bits per heavy atom. The molecular formula is C29H32O11. The lowest BCUT2D eigenvalue weighted by Gasteiger charge is -2.27. The molecule has 0 aliphatic carbocycles. The van der Waals surface area contributed by atoms with Gasteiger partial charge in [0.25, 0.3) is 0 Å². The fraction of sp³-hybridized carbons (Fsp3) is 0.345. The second-order valence-electron chi connectivity index (χ2n) is 9.22. The van der Waals surface area contributed by atoms with Crippen molar-refractivity contribution in [3.05, 3.63) is 65.2 Å². The third-order valence-electron chi connectivity index (χ3n) is 7.00. The van der Waals surface area contributed by atoms with Gasteiger partial charge in [0, 0.05) is 11.8 Å². The van der Waals surface area contributed by atoms with Crippen molar-refractivity contribution >= 4 is 5.97 Å². The first-order chi connectivity index (χ1) is 19.2. The zero-order valence-corrected chi connectivity index (χ0v) is 22.5. The van der Waals surface area contributed by atoms with Crippen LogP contribution in [0.25, 0.3) is 0 Å². The quantitative estimate of drug-likeness (QED) is 0.270. The summed E-state index contributed by atoms with van der Waals surface area (Å²) in [6, 6.07) is 11.8. The molecule has 3 aromatic carbocycles. The highest BCUT2D eigenvalue weighted by atomic mass is 16.5. The number of hydrogen-bond donors (Lipinski definition) is 4. The predicted octanol–water partition coefficient (Wildman–Crippen LogP) is 3.73. The van der Waals surface area contributed by atoms with Crippen molar-refractivity contribution in [2.75, 3.05) is 41.7 Å². The lowest BCUT2D eigenvalue weighted by molar-refractivity contribution is 0.0210. The van der Waals surface area contributed by atoms with Gasteiger partial charge in [0.15, 0.2) is 23.0 Å². The number of benzene rings is 3. The number of carbonyl (C=O) groups excluding carboxylic acids is 1. The third-order valence-corrected chi connectivity index (χ3v) is 7.00. The maximum absolute atomic E-state index is 12.8. The SMILES string of the molecule is COc1cc(C(O)[C@H]2COC(c3cc(OC)c(O)c(OC)c3)[C@H]2COC(=O)c2ccc(O)cc2)cc(OC)c1O. The number of aliphatic hydroxyl groups excluding tert-OH is 1. The summed E-state index contributed by atoms with van der Waals surface area (Å²) >= 11 is 0. The number of aliphatic hydroxyl groups is 1. The van der Waals surface area contributed by atoms with Crippen LogP contribution in [0.4, 0.5) is 0 Å². The Balaban J connectivity index is 1.69. The molecule has 4 atom stereocenters. The molecule has 1 saturated heterocycles. The van der Waals surface area contributed by atoms with Crippen LogP contribution in [0.15, 0.2) is 48.5 Å². The summed E-state index contributed by atoms with van der Waals surface area (Å²) < 4.78 is 32.9. The van der Waals surface area contributed by atoms with Gasteiger partial charge in [-0.05, 0) is 59.7 Å². The summed E-state index contributed by atoms with van der Waals surface area (Å²) in [6.07, 6.45) is -1.82. The minimum Gasteiger partial charge on any atom is -0.508 e. The van der Waals surface area contributed by atoms with Gasteiger partial charge in [-0.25, -0.2) is 4.79 Å². The molecule has 3 aromatic rings. The first-order valence-corrected chi connectivity index (χ1v) is 12.4. The van der Waals surface area contributed by atoms with Gasteiger partial charge in [-0.2, -0.15) is 0 Å². The Morgan fingerprint density at radius 3 is 1.85 bits per heavy atom. The maximum atomic E-state index is 12.8. The van der Waals surface area contributed by atoms with E-state index < -0.39 is 30.0 Å². The topological polar surface area (TPSA) is 153 Å². The minimum atomic E-state index is -1.13. The van der Waals surface area contributed by atoms with Crippen molar-refractivity contribution in [3.8, 4) is 40.2 Å². The molecular weight excluding hydrogens is 524 g/mol. The van der Waals surface area contributed by atoms with Gasteiger partial charge in [0.1, 0.15) is 5.75 Å². The molecule has 11 heteroatoms. The van der Waals surface area contributed by atoms with Crippen LogP contribution in [0.5, 0.6) is 40.2 Å². The van der Waals surface area contributed by atoms with Crippen LogP contribution in [-0.4, -0.2) is 68.0 Å². The molecule has 214 valence electrons. The molecule has 4 N–H and O–H groups in total. The highest BCUT2D eigenvalue weighted by Gasteiger charge is 2.44. The van der Waals surface area contributed by atoms with Crippen LogP contribution in [0.3, 0.4) is 0 Å². The summed E-state index contributed by atoms with van der Waals surface area (Å²) in [4.78, 5) is 12.8. The number of methoxy groups -OCH3 is 4. The van der Waals surface area contributed by atoms with Gasteiger partial charge >= 0.3 is 5.97 Å². The number of ether oxygens (including phenoxy) is 6. The van der Waals surface area contributed by atoms with Gasteiger partial charge in [-0.15, -0.1) is 0 Å². The van der Waals surface area contributed by atoms with Gasteiger partial charge in [-0.3, -0.25) is 0 Å². The standard InChI is InChI=1S/C29H32O11/c1-35-21-9-16(10-22(36-2)26(21)32)25(31)19-13-39-28(17-11-23(37-3)27(33)24(12-17)38-4)20(19)14-40-29(34)15-5-7-18(30)8-6-15/h5-12,19-20,25,28,30-33H,13-14H2,1-4H3/t19-,20-,25?,28?/m0/s1. The van der Waals surface area contributed by atoms with Crippen LogP contribution in [0, 0.1) is 11.8 Å². The van der Waals surface area contributed by atoms with E-state index in [9.17, 15) is 25.2 Å². The van der Waals surface area contributed by atoms with Crippen molar-refractivity contribution in [1.82, 2.24) is 0 Å². The van der Waals surface area contributed by atoms with E-state index in [0.717, 1.165) is 0 Å². The normalized spacial score (nSPS) is 19.1. The summed E-state index contributed by atoms with van der Waals surface area (Å²) in [5, 5.41) is 41.8. The molecule has 2 unspecified atom stereocenters. The molecule has 40 heavy (non-hydrogen) atoms. The third kappa shape index (κ3) is 5.65. The van der Waals surface area contributed by atoms with Crippen LogP contribution in [0.2, 0.25) is 0 Å². The monoisotopic (exact) mass is 556 g/mol. The fourth-order valence-electron chi connectivity index (χ4n) is 4.83. The van der Waals surface area contributed by atoms with Crippen LogP contribution >= 0.6 is 0 Å². The van der Waals surface area contributed by atoms with E-state index >= 15 is 0 Å². The summed E-state index contributed by atoms with van der Waals surface area (Å²) in [6.45, 7) is -0.0474. The zero-order valence-electron chi connectivity index (χ0n) is 22.5. The van der Waals surface area contributed by atoms with Crippen molar-refractivity contribution in [3.63, 3.8) is 0 Å². The van der Waals surface area contributed by atoms with E-state index in [1.807, 2.05) is 0 Å². The molecule has 0 saturated carbocycles. The highest BCUT2D eigenvalue weighted by Crippen LogP contribution is 2.49. The Morgan fingerprint density at radius 1 is 0.850 bits per heavy atom. The molecule has 0 amide bonds. The summed E-state index contributed by atoms with van der Waals surface area (Å²) in [5.41, 5.74) is 1.22. The lowest BCUT2D eigenvalue weighted by atomic mass is 9.82. The Kier molecular flexibility index (Phi) is 8.76. The Bertz CT molecular complexity index is 1290. The fourth-order valence-corrected chi connectivity index (χ4v) is 4.83. The smallest absolute Gasteiger partial charge is 0.338 e. The molecule has 0 spiro atoms. The Labute approximate surface area is 231 Å². The molecule has 4 rings (SSSR count). The average molecular weight is 557 g/mol. The number of aromatic hydroxyl groups is 3. The predicted molar refractivity (Wildman–Crippen MR) is 141 cm³/mol. The number of rotatable bonds is 10. The number of hydrogen-bond acceptors (Lipinski definition) is 11. The van der Waals surface area contributed by atoms with Crippen molar-refractivity contribution in [1.29, 1.82) is 0 Å². The minimum absolute atomic E-state index is 0.0129. The first kappa shape index (κ1) is 28.7. The molecule has 0 radical (unpaired) electrons. The van der Waals surface area contributed by atoms with Gasteiger partial charge in [0.05, 0.1) is 59.4 Å². The van der Waals surface area contributed by atoms with E-state index in [0.29, 0.717) is 11.1 Å². The molecule has 1 heterocycles. The van der Waals surface area contributed by atoms with Crippen molar-refractivity contribution < 1.29 is 53.6 Å². The number of phenols is 3. The van der Waals surface area contributed by atoms with Gasteiger partial charge < -0.3 is 48.8 Å². The van der Waals surface area contributed by atoms with E-state index in [-0.39, 0.29) is 59.0 Å². The second kappa shape index (κ2) is 12.2. The van der Waals surface area contributed by atoms with Crippen LogP contribution in [0.1, 0.15) is 33.7 Å².